The predicted molar refractivity (Wildman–Crippen MR) is 91.1 cm³/mol. The smallest absolute Gasteiger partial charge is 0.343 e. The quantitative estimate of drug-likeness (QED) is 0.420. The molecule has 2 aromatic carbocycles. The third-order valence-corrected chi connectivity index (χ3v) is 3.44. The van der Waals surface area contributed by atoms with E-state index in [1.54, 1.807) is 50.6 Å². The van der Waals surface area contributed by atoms with Gasteiger partial charge in [-0.25, -0.2) is 4.79 Å². The van der Waals surface area contributed by atoms with Gasteiger partial charge in [0.1, 0.15) is 17.2 Å². The van der Waals surface area contributed by atoms with Gasteiger partial charge in [0.2, 0.25) is 0 Å². The van der Waals surface area contributed by atoms with E-state index in [9.17, 15) is 4.79 Å². The lowest BCUT2D eigenvalue weighted by Gasteiger charge is -2.10. The van der Waals surface area contributed by atoms with Gasteiger partial charge in [-0.2, -0.15) is 0 Å². The highest BCUT2D eigenvalue weighted by atomic mass is 16.5. The van der Waals surface area contributed by atoms with Crippen molar-refractivity contribution in [3.05, 3.63) is 53.6 Å². The molecule has 2 rings (SSSR count). The van der Waals surface area contributed by atoms with E-state index in [2.05, 4.69) is 0 Å². The molecule has 0 saturated carbocycles. The van der Waals surface area contributed by atoms with Crippen molar-refractivity contribution < 1.29 is 23.7 Å². The molecule has 128 valence electrons. The fourth-order valence-corrected chi connectivity index (χ4v) is 2.10. The molecule has 0 spiro atoms. The average Bonchev–Trinajstić information content (AvgIpc) is 2.61. The second-order valence-corrected chi connectivity index (χ2v) is 5.24. The van der Waals surface area contributed by atoms with E-state index in [1.807, 2.05) is 13.0 Å². The lowest BCUT2D eigenvalue weighted by atomic mass is 10.2. The average molecular weight is 330 g/mol. The second-order valence-electron chi connectivity index (χ2n) is 5.24. The fraction of sp³-hybridized carbons (Fsp3) is 0.316. The molecule has 0 aliphatic rings. The number of hydrogen-bond donors (Lipinski definition) is 0. The van der Waals surface area contributed by atoms with Gasteiger partial charge >= 0.3 is 5.97 Å². The summed E-state index contributed by atoms with van der Waals surface area (Å²) in [5, 5.41) is 0. The summed E-state index contributed by atoms with van der Waals surface area (Å²) in [6.07, 6.45) is 0.817. The van der Waals surface area contributed by atoms with E-state index in [1.165, 1.54) is 0 Å². The standard InChI is InChI=1S/C19H22O5/c1-14-13-17(22-3)9-10-18(14)24-19(20)15-5-7-16(8-6-15)23-12-4-11-21-2/h5-10,13H,4,11-12H2,1-3H3. The fourth-order valence-electron chi connectivity index (χ4n) is 2.10. The maximum Gasteiger partial charge on any atom is 0.343 e. The van der Waals surface area contributed by atoms with E-state index in [0.29, 0.717) is 30.3 Å². The minimum absolute atomic E-state index is 0.408. The number of methoxy groups -OCH3 is 2. The number of esters is 1. The zero-order valence-electron chi connectivity index (χ0n) is 14.2. The molecule has 0 aromatic heterocycles. The van der Waals surface area contributed by atoms with Crippen molar-refractivity contribution in [1.29, 1.82) is 0 Å². The lowest BCUT2D eigenvalue weighted by Crippen LogP contribution is -2.09. The molecule has 2 aromatic rings. The van der Waals surface area contributed by atoms with Crippen LogP contribution in [0.5, 0.6) is 17.2 Å². The Hall–Kier alpha value is -2.53. The van der Waals surface area contributed by atoms with E-state index in [0.717, 1.165) is 17.7 Å². The summed E-state index contributed by atoms with van der Waals surface area (Å²) >= 11 is 0. The molecule has 0 unspecified atom stereocenters. The lowest BCUT2D eigenvalue weighted by molar-refractivity contribution is 0.0733. The van der Waals surface area contributed by atoms with Crippen LogP contribution >= 0.6 is 0 Å². The number of ether oxygens (including phenoxy) is 4. The normalized spacial score (nSPS) is 10.3. The van der Waals surface area contributed by atoms with Crippen LogP contribution in [0.1, 0.15) is 22.3 Å². The van der Waals surface area contributed by atoms with Crippen LogP contribution < -0.4 is 14.2 Å². The number of hydrogen-bond acceptors (Lipinski definition) is 5. The summed E-state index contributed by atoms with van der Waals surface area (Å²) in [5.41, 5.74) is 1.30. The minimum atomic E-state index is -0.408. The molecule has 24 heavy (non-hydrogen) atoms. The van der Waals surface area contributed by atoms with Gasteiger partial charge < -0.3 is 18.9 Å². The number of aryl methyl sites for hydroxylation is 1. The molecule has 0 amide bonds. The van der Waals surface area contributed by atoms with Crippen molar-refractivity contribution >= 4 is 5.97 Å². The van der Waals surface area contributed by atoms with Gasteiger partial charge in [0.05, 0.1) is 19.3 Å². The SMILES string of the molecule is COCCCOc1ccc(C(=O)Oc2ccc(OC)cc2C)cc1. The first-order chi connectivity index (χ1) is 11.6. The number of rotatable bonds is 8. The molecule has 0 saturated heterocycles. The van der Waals surface area contributed by atoms with Crippen LogP contribution in [-0.4, -0.2) is 33.4 Å². The van der Waals surface area contributed by atoms with Gasteiger partial charge in [-0.1, -0.05) is 0 Å². The Kier molecular flexibility index (Phi) is 6.63. The van der Waals surface area contributed by atoms with Gasteiger partial charge in [0.15, 0.2) is 0 Å². The summed E-state index contributed by atoms with van der Waals surface area (Å²) in [6.45, 7) is 3.09. The first-order valence-corrected chi connectivity index (χ1v) is 7.72. The monoisotopic (exact) mass is 330 g/mol. The summed E-state index contributed by atoms with van der Waals surface area (Å²) in [4.78, 5) is 12.2. The van der Waals surface area contributed by atoms with Gasteiger partial charge in [-0.3, -0.25) is 0 Å². The maximum atomic E-state index is 12.2. The van der Waals surface area contributed by atoms with Crippen molar-refractivity contribution in [2.75, 3.05) is 27.4 Å². The van der Waals surface area contributed by atoms with Crippen LogP contribution in [0.4, 0.5) is 0 Å². The summed E-state index contributed by atoms with van der Waals surface area (Å²) < 4.78 is 21.1. The van der Waals surface area contributed by atoms with Crippen LogP contribution in [0.15, 0.2) is 42.5 Å². The van der Waals surface area contributed by atoms with Crippen molar-refractivity contribution in [1.82, 2.24) is 0 Å². The van der Waals surface area contributed by atoms with Crippen molar-refractivity contribution in [2.45, 2.75) is 13.3 Å². The van der Waals surface area contributed by atoms with Crippen LogP contribution in [0.3, 0.4) is 0 Å². The van der Waals surface area contributed by atoms with Gasteiger partial charge in [-0.05, 0) is 55.0 Å². The highest BCUT2D eigenvalue weighted by Crippen LogP contribution is 2.24. The van der Waals surface area contributed by atoms with E-state index >= 15 is 0 Å². The molecule has 0 heterocycles. The first-order valence-electron chi connectivity index (χ1n) is 7.72. The van der Waals surface area contributed by atoms with Crippen LogP contribution in [0, 0.1) is 6.92 Å². The number of benzene rings is 2. The Morgan fingerprint density at radius 2 is 1.67 bits per heavy atom. The Labute approximate surface area is 142 Å². The van der Waals surface area contributed by atoms with Crippen molar-refractivity contribution in [3.8, 4) is 17.2 Å². The molecule has 0 atom stereocenters. The predicted octanol–water partition coefficient (Wildman–Crippen LogP) is 3.64. The summed E-state index contributed by atoms with van der Waals surface area (Å²) in [5.74, 6) is 1.54. The van der Waals surface area contributed by atoms with E-state index < -0.39 is 5.97 Å². The molecular formula is C19H22O5. The van der Waals surface area contributed by atoms with Crippen molar-refractivity contribution in [3.63, 3.8) is 0 Å². The molecular weight excluding hydrogens is 308 g/mol. The zero-order chi connectivity index (χ0) is 17.4. The minimum Gasteiger partial charge on any atom is -0.497 e. The molecule has 5 heteroatoms. The molecule has 0 aliphatic heterocycles. The molecule has 5 nitrogen and oxygen atoms in total. The third kappa shape index (κ3) is 4.99. The first kappa shape index (κ1) is 17.8. The highest BCUT2D eigenvalue weighted by Gasteiger charge is 2.11. The van der Waals surface area contributed by atoms with Gasteiger partial charge in [0.25, 0.3) is 0 Å². The van der Waals surface area contributed by atoms with Crippen LogP contribution in [0.25, 0.3) is 0 Å². The Morgan fingerprint density at radius 3 is 2.29 bits per heavy atom. The molecule has 0 radical (unpaired) electrons. The number of carbonyl (C=O) groups excluding carboxylic acids is 1. The van der Waals surface area contributed by atoms with Gasteiger partial charge in [0, 0.05) is 20.1 Å². The molecule has 0 N–H and O–H groups in total. The Balaban J connectivity index is 1.95. The second kappa shape index (κ2) is 8.93. The highest BCUT2D eigenvalue weighted by molar-refractivity contribution is 5.91. The third-order valence-electron chi connectivity index (χ3n) is 3.44. The molecule has 0 bridgehead atoms. The summed E-state index contributed by atoms with van der Waals surface area (Å²) in [6, 6.07) is 12.2. The maximum absolute atomic E-state index is 12.2. The van der Waals surface area contributed by atoms with E-state index in [4.69, 9.17) is 18.9 Å². The van der Waals surface area contributed by atoms with Crippen molar-refractivity contribution in [2.24, 2.45) is 0 Å². The molecule has 0 fully saturated rings. The van der Waals surface area contributed by atoms with Crippen LogP contribution in [-0.2, 0) is 4.74 Å². The Morgan fingerprint density at radius 1 is 0.958 bits per heavy atom. The molecule has 0 aliphatic carbocycles. The summed E-state index contributed by atoms with van der Waals surface area (Å²) in [7, 11) is 3.25. The number of carbonyl (C=O) groups is 1. The Bertz CT molecular complexity index is 664. The zero-order valence-corrected chi connectivity index (χ0v) is 14.2. The van der Waals surface area contributed by atoms with E-state index in [-0.39, 0.29) is 0 Å². The van der Waals surface area contributed by atoms with Gasteiger partial charge in [-0.15, -0.1) is 0 Å². The van der Waals surface area contributed by atoms with Crippen LogP contribution in [0.2, 0.25) is 0 Å². The largest absolute Gasteiger partial charge is 0.497 e. The topological polar surface area (TPSA) is 54.0 Å².